The molecule has 4 nitrogen and oxygen atoms in total. The maximum Gasteiger partial charge on any atom is 0.250 e. The third kappa shape index (κ3) is 2.59. The largest absolute Gasteiger partial charge is 0.342 e. The van der Waals surface area contributed by atoms with Crippen LogP contribution < -0.4 is 10.2 Å². The molecule has 2 unspecified atom stereocenters. The minimum Gasteiger partial charge on any atom is -0.342 e. The molecule has 2 amide bonds. The first kappa shape index (κ1) is 15.0. The Labute approximate surface area is 127 Å². The number of carbonyl (C=O) groups excluding carboxylic acids is 2. The average Bonchev–Trinajstić information content (AvgIpc) is 2.41. The molecule has 1 fully saturated rings. The van der Waals surface area contributed by atoms with Crippen LogP contribution in [-0.2, 0) is 9.59 Å². The predicted octanol–water partition coefficient (Wildman–Crippen LogP) is 2.78. The Balaban J connectivity index is 2.43. The summed E-state index contributed by atoms with van der Waals surface area (Å²) in [4.78, 5) is 26.3. The first-order valence-corrected chi connectivity index (χ1v) is 7.65. The molecule has 1 aliphatic rings. The molecule has 2 rings (SSSR count). The summed E-state index contributed by atoms with van der Waals surface area (Å²) in [6.07, 6.45) is 1.53. The molecule has 0 aromatic heterocycles. The molecular formula is C15H19BrN2O2. The Morgan fingerprint density at radius 3 is 2.70 bits per heavy atom. The van der Waals surface area contributed by atoms with Gasteiger partial charge in [-0.1, -0.05) is 35.3 Å². The van der Waals surface area contributed by atoms with Gasteiger partial charge in [0.15, 0.2) is 0 Å². The number of benzene rings is 1. The summed E-state index contributed by atoms with van der Waals surface area (Å²) in [5.74, 6) is -0.123. The Morgan fingerprint density at radius 1 is 1.35 bits per heavy atom. The summed E-state index contributed by atoms with van der Waals surface area (Å²) < 4.78 is 0.938. The van der Waals surface area contributed by atoms with E-state index in [0.717, 1.165) is 22.1 Å². The number of nitrogens with zero attached hydrogens (tertiary/aromatic N) is 1. The van der Waals surface area contributed by atoms with Crippen LogP contribution in [0.3, 0.4) is 0 Å². The smallest absolute Gasteiger partial charge is 0.250 e. The van der Waals surface area contributed by atoms with Crippen LogP contribution in [0.5, 0.6) is 0 Å². The van der Waals surface area contributed by atoms with Crippen LogP contribution in [0.25, 0.3) is 0 Å². The number of hydrogen-bond donors (Lipinski definition) is 1. The van der Waals surface area contributed by atoms with E-state index in [0.29, 0.717) is 6.42 Å². The van der Waals surface area contributed by atoms with Gasteiger partial charge in [-0.25, -0.2) is 0 Å². The van der Waals surface area contributed by atoms with Crippen molar-refractivity contribution in [2.75, 3.05) is 4.90 Å². The van der Waals surface area contributed by atoms with Crippen LogP contribution in [0.4, 0.5) is 5.69 Å². The second-order valence-electron chi connectivity index (χ2n) is 5.12. The van der Waals surface area contributed by atoms with Crippen LogP contribution in [0.2, 0.25) is 0 Å². The molecule has 0 radical (unpaired) electrons. The average molecular weight is 339 g/mol. The SMILES string of the molecule is CCCC1NC(=O)C(C)N(c2cccc(Br)c2C)C1=O. The highest BCUT2D eigenvalue weighted by Gasteiger charge is 2.38. The molecule has 1 N–H and O–H groups in total. The first-order valence-electron chi connectivity index (χ1n) is 6.86. The number of hydrogen-bond acceptors (Lipinski definition) is 2. The van der Waals surface area contributed by atoms with Crippen molar-refractivity contribution in [1.29, 1.82) is 0 Å². The number of carbonyl (C=O) groups is 2. The van der Waals surface area contributed by atoms with E-state index in [1.54, 1.807) is 11.8 Å². The Hall–Kier alpha value is -1.36. The second-order valence-corrected chi connectivity index (χ2v) is 5.97. The summed E-state index contributed by atoms with van der Waals surface area (Å²) in [5, 5.41) is 2.81. The summed E-state index contributed by atoms with van der Waals surface area (Å²) in [6.45, 7) is 5.71. The summed E-state index contributed by atoms with van der Waals surface area (Å²) in [7, 11) is 0. The second kappa shape index (κ2) is 5.95. The Bertz CT molecular complexity index is 545. The molecule has 1 aliphatic heterocycles. The highest BCUT2D eigenvalue weighted by atomic mass is 79.9. The minimum atomic E-state index is -0.483. The van der Waals surface area contributed by atoms with Gasteiger partial charge in [0.1, 0.15) is 12.1 Å². The highest BCUT2D eigenvalue weighted by molar-refractivity contribution is 9.10. The molecular weight excluding hydrogens is 320 g/mol. The maximum absolute atomic E-state index is 12.6. The van der Waals surface area contributed by atoms with Crippen LogP contribution in [0.1, 0.15) is 32.3 Å². The molecule has 0 aliphatic carbocycles. The fraction of sp³-hybridized carbons (Fsp3) is 0.467. The zero-order valence-corrected chi connectivity index (χ0v) is 13.5. The number of rotatable bonds is 3. The molecule has 0 saturated carbocycles. The van der Waals surface area contributed by atoms with E-state index in [1.807, 2.05) is 32.0 Å². The van der Waals surface area contributed by atoms with Crippen LogP contribution in [-0.4, -0.2) is 23.9 Å². The lowest BCUT2D eigenvalue weighted by Gasteiger charge is -2.38. The van der Waals surface area contributed by atoms with Gasteiger partial charge in [0.05, 0.1) is 0 Å². The lowest BCUT2D eigenvalue weighted by atomic mass is 10.0. The van der Waals surface area contributed by atoms with Crippen molar-refractivity contribution in [3.05, 3.63) is 28.2 Å². The van der Waals surface area contributed by atoms with E-state index >= 15 is 0 Å². The molecule has 20 heavy (non-hydrogen) atoms. The van der Waals surface area contributed by atoms with E-state index < -0.39 is 12.1 Å². The molecule has 2 atom stereocenters. The molecule has 0 bridgehead atoms. The molecule has 1 aromatic carbocycles. The van der Waals surface area contributed by atoms with Gasteiger partial charge in [0, 0.05) is 10.2 Å². The summed E-state index contributed by atoms with van der Waals surface area (Å²) >= 11 is 3.47. The quantitative estimate of drug-likeness (QED) is 0.921. The normalized spacial score (nSPS) is 22.9. The van der Waals surface area contributed by atoms with Crippen LogP contribution >= 0.6 is 15.9 Å². The molecule has 5 heteroatoms. The van der Waals surface area contributed by atoms with Gasteiger partial charge in [-0.3, -0.25) is 14.5 Å². The first-order chi connectivity index (χ1) is 9.47. The number of halogens is 1. The summed E-state index contributed by atoms with van der Waals surface area (Å²) in [6, 6.07) is 4.80. The molecule has 1 aromatic rings. The topological polar surface area (TPSA) is 49.4 Å². The van der Waals surface area contributed by atoms with Crippen molar-refractivity contribution < 1.29 is 9.59 Å². The van der Waals surface area contributed by atoms with Crippen molar-refractivity contribution >= 4 is 33.4 Å². The van der Waals surface area contributed by atoms with E-state index in [2.05, 4.69) is 21.2 Å². The standard InChI is InChI=1S/C15H19BrN2O2/c1-4-6-12-15(20)18(10(3)14(19)17-12)13-8-5-7-11(16)9(13)2/h5,7-8,10,12H,4,6H2,1-3H3,(H,17,19). The number of anilines is 1. The Morgan fingerprint density at radius 2 is 2.05 bits per heavy atom. The maximum atomic E-state index is 12.6. The van der Waals surface area contributed by atoms with Crippen LogP contribution in [0.15, 0.2) is 22.7 Å². The van der Waals surface area contributed by atoms with Gasteiger partial charge < -0.3 is 5.32 Å². The van der Waals surface area contributed by atoms with Gasteiger partial charge in [-0.15, -0.1) is 0 Å². The van der Waals surface area contributed by atoms with E-state index in [9.17, 15) is 9.59 Å². The molecule has 1 heterocycles. The van der Waals surface area contributed by atoms with Crippen molar-refractivity contribution in [3.8, 4) is 0 Å². The minimum absolute atomic E-state index is 0.0276. The van der Waals surface area contributed by atoms with Crippen LogP contribution in [0, 0.1) is 6.92 Å². The highest BCUT2D eigenvalue weighted by Crippen LogP contribution is 2.30. The zero-order chi connectivity index (χ0) is 14.9. The third-order valence-corrected chi connectivity index (χ3v) is 4.55. The third-order valence-electron chi connectivity index (χ3n) is 3.69. The van der Waals surface area contributed by atoms with Crippen molar-refractivity contribution in [2.45, 2.75) is 45.7 Å². The van der Waals surface area contributed by atoms with Crippen molar-refractivity contribution in [2.24, 2.45) is 0 Å². The number of piperazine rings is 1. The fourth-order valence-corrected chi connectivity index (χ4v) is 2.85. The van der Waals surface area contributed by atoms with Crippen molar-refractivity contribution in [3.63, 3.8) is 0 Å². The van der Waals surface area contributed by atoms with Gasteiger partial charge in [0.25, 0.3) is 0 Å². The van der Waals surface area contributed by atoms with Crippen molar-refractivity contribution in [1.82, 2.24) is 5.32 Å². The van der Waals surface area contributed by atoms with E-state index in [1.165, 1.54) is 0 Å². The number of nitrogens with one attached hydrogen (secondary N) is 1. The fourth-order valence-electron chi connectivity index (χ4n) is 2.50. The number of amides is 2. The predicted molar refractivity (Wildman–Crippen MR) is 82.7 cm³/mol. The Kier molecular flexibility index (Phi) is 4.48. The van der Waals surface area contributed by atoms with Gasteiger partial charge in [-0.2, -0.15) is 0 Å². The monoisotopic (exact) mass is 338 g/mol. The van der Waals surface area contributed by atoms with Gasteiger partial charge >= 0.3 is 0 Å². The zero-order valence-electron chi connectivity index (χ0n) is 11.9. The lowest BCUT2D eigenvalue weighted by Crippen LogP contribution is -2.62. The molecule has 1 saturated heterocycles. The molecule has 0 spiro atoms. The van der Waals surface area contributed by atoms with E-state index in [-0.39, 0.29) is 11.8 Å². The van der Waals surface area contributed by atoms with E-state index in [4.69, 9.17) is 0 Å². The summed E-state index contributed by atoms with van der Waals surface area (Å²) in [5.41, 5.74) is 1.77. The lowest BCUT2D eigenvalue weighted by molar-refractivity contribution is -0.133. The molecule has 108 valence electrons. The van der Waals surface area contributed by atoms with Gasteiger partial charge in [0.2, 0.25) is 11.8 Å². The van der Waals surface area contributed by atoms with Gasteiger partial charge in [-0.05, 0) is 38.0 Å².